The van der Waals surface area contributed by atoms with Crippen molar-refractivity contribution in [3.05, 3.63) is 105 Å². The normalized spacial score (nSPS) is 12.6. The Hall–Kier alpha value is -4.33. The number of nitro benzene ring substituents is 1. The molecular weight excluding hydrogens is 386 g/mol. The van der Waals surface area contributed by atoms with Crippen LogP contribution in [0.25, 0.3) is 0 Å². The molecule has 0 radical (unpaired) electrons. The van der Waals surface area contributed by atoms with Crippen LogP contribution in [0.4, 0.5) is 11.4 Å². The van der Waals surface area contributed by atoms with E-state index in [2.05, 4.69) is 5.32 Å². The first-order valence-corrected chi connectivity index (χ1v) is 9.04. The van der Waals surface area contributed by atoms with Gasteiger partial charge in [0.1, 0.15) is 0 Å². The van der Waals surface area contributed by atoms with Gasteiger partial charge in [-0.05, 0) is 29.8 Å². The summed E-state index contributed by atoms with van der Waals surface area (Å²) >= 11 is 0. The summed E-state index contributed by atoms with van der Waals surface area (Å²) in [4.78, 5) is 49.4. The topological polar surface area (TPSA) is 110 Å². The zero-order chi connectivity index (χ0) is 21.3. The van der Waals surface area contributed by atoms with Gasteiger partial charge in [0.05, 0.1) is 22.6 Å². The van der Waals surface area contributed by atoms with Gasteiger partial charge < -0.3 is 5.32 Å². The van der Waals surface area contributed by atoms with Gasteiger partial charge in [-0.2, -0.15) is 0 Å². The first kappa shape index (κ1) is 19.0. The molecule has 0 unspecified atom stereocenters. The maximum atomic E-state index is 12.8. The summed E-state index contributed by atoms with van der Waals surface area (Å²) in [5.74, 6) is -1.42. The van der Waals surface area contributed by atoms with Crippen LogP contribution >= 0.6 is 0 Å². The van der Waals surface area contributed by atoms with Gasteiger partial charge in [-0.1, -0.05) is 36.4 Å². The van der Waals surface area contributed by atoms with E-state index in [0.717, 1.165) is 10.5 Å². The average molecular weight is 401 g/mol. The molecule has 0 spiro atoms. The highest BCUT2D eigenvalue weighted by molar-refractivity contribution is 6.22. The van der Waals surface area contributed by atoms with Gasteiger partial charge in [-0.25, -0.2) is 0 Å². The highest BCUT2D eigenvalue weighted by atomic mass is 16.6. The molecule has 0 atom stereocenters. The fraction of sp³-hybridized carbons (Fsp3) is 0.0455. The van der Waals surface area contributed by atoms with Crippen molar-refractivity contribution >= 4 is 29.1 Å². The Morgan fingerprint density at radius 3 is 2.37 bits per heavy atom. The second-order valence-electron chi connectivity index (χ2n) is 6.70. The first-order chi connectivity index (χ1) is 14.4. The Morgan fingerprint density at radius 2 is 1.63 bits per heavy atom. The molecule has 3 amide bonds. The van der Waals surface area contributed by atoms with E-state index in [1.807, 2.05) is 30.3 Å². The van der Waals surface area contributed by atoms with Crippen molar-refractivity contribution in [3.63, 3.8) is 0 Å². The lowest BCUT2D eigenvalue weighted by Crippen LogP contribution is -2.29. The number of hydrogen-bond donors (Lipinski definition) is 1. The van der Waals surface area contributed by atoms with E-state index in [0.29, 0.717) is 0 Å². The van der Waals surface area contributed by atoms with Gasteiger partial charge in [-0.15, -0.1) is 0 Å². The number of nitrogens with one attached hydrogen (secondary N) is 1. The molecule has 0 saturated heterocycles. The summed E-state index contributed by atoms with van der Waals surface area (Å²) in [7, 11) is 0. The van der Waals surface area contributed by atoms with Crippen molar-refractivity contribution in [2.75, 3.05) is 5.32 Å². The Morgan fingerprint density at radius 1 is 0.900 bits per heavy atom. The fourth-order valence-corrected chi connectivity index (χ4v) is 3.24. The van der Waals surface area contributed by atoms with Gasteiger partial charge in [0.25, 0.3) is 23.4 Å². The summed E-state index contributed by atoms with van der Waals surface area (Å²) in [5.41, 5.74) is 1.48. The second kappa shape index (κ2) is 7.59. The number of nitrogens with zero attached hydrogens (tertiary/aromatic N) is 2. The van der Waals surface area contributed by atoms with E-state index in [-0.39, 0.29) is 34.6 Å². The number of anilines is 1. The van der Waals surface area contributed by atoms with E-state index in [1.54, 1.807) is 0 Å². The SMILES string of the molecule is O=C(Nc1cccc([N+](=O)[O-])c1)c1ccc2c(c1)C(=O)N(Cc1ccccc1)C2=O. The quantitative estimate of drug-likeness (QED) is 0.399. The molecule has 0 saturated carbocycles. The molecule has 3 aromatic rings. The van der Waals surface area contributed by atoms with Crippen molar-refractivity contribution in [2.24, 2.45) is 0 Å². The van der Waals surface area contributed by atoms with Crippen molar-refractivity contribution in [1.82, 2.24) is 4.90 Å². The standard InChI is InChI=1S/C22H15N3O5/c26-20(23-16-7-4-8-17(12-16)25(29)30)15-9-10-18-19(11-15)22(28)24(21(18)27)13-14-5-2-1-3-6-14/h1-12H,13H2,(H,23,26). The van der Waals surface area contributed by atoms with Crippen LogP contribution in [-0.2, 0) is 6.54 Å². The average Bonchev–Trinajstić information content (AvgIpc) is 2.99. The van der Waals surface area contributed by atoms with Crippen LogP contribution in [0.3, 0.4) is 0 Å². The maximum absolute atomic E-state index is 12.8. The van der Waals surface area contributed by atoms with E-state index in [9.17, 15) is 24.5 Å². The van der Waals surface area contributed by atoms with Crippen molar-refractivity contribution in [2.45, 2.75) is 6.54 Å². The molecule has 1 aliphatic rings. The van der Waals surface area contributed by atoms with Gasteiger partial charge in [0.2, 0.25) is 0 Å². The second-order valence-corrected chi connectivity index (χ2v) is 6.70. The molecular formula is C22H15N3O5. The number of hydrogen-bond acceptors (Lipinski definition) is 5. The van der Waals surface area contributed by atoms with Crippen LogP contribution in [0.1, 0.15) is 36.6 Å². The summed E-state index contributed by atoms with van der Waals surface area (Å²) in [6.07, 6.45) is 0. The predicted molar refractivity (Wildman–Crippen MR) is 108 cm³/mol. The Labute approximate surface area is 170 Å². The van der Waals surface area contributed by atoms with E-state index in [1.165, 1.54) is 42.5 Å². The number of imide groups is 1. The van der Waals surface area contributed by atoms with E-state index >= 15 is 0 Å². The lowest BCUT2D eigenvalue weighted by Gasteiger charge is -2.13. The van der Waals surface area contributed by atoms with Gasteiger partial charge in [0, 0.05) is 23.4 Å². The summed E-state index contributed by atoms with van der Waals surface area (Å²) in [5, 5.41) is 13.5. The lowest BCUT2D eigenvalue weighted by molar-refractivity contribution is -0.384. The number of fused-ring (bicyclic) bond motifs is 1. The minimum Gasteiger partial charge on any atom is -0.322 e. The molecule has 148 valence electrons. The zero-order valence-electron chi connectivity index (χ0n) is 15.6. The van der Waals surface area contributed by atoms with Crippen LogP contribution in [0.15, 0.2) is 72.8 Å². The van der Waals surface area contributed by atoms with Crippen LogP contribution in [0, 0.1) is 10.1 Å². The highest BCUT2D eigenvalue weighted by Crippen LogP contribution is 2.26. The van der Waals surface area contributed by atoms with Gasteiger partial charge >= 0.3 is 0 Å². The monoisotopic (exact) mass is 401 g/mol. The molecule has 0 bridgehead atoms. The van der Waals surface area contributed by atoms with E-state index < -0.39 is 22.6 Å². The molecule has 8 nitrogen and oxygen atoms in total. The number of non-ortho nitro benzene ring substituents is 1. The molecule has 1 aliphatic heterocycles. The number of nitro groups is 1. The minimum absolute atomic E-state index is 0.141. The predicted octanol–water partition coefficient (Wildman–Crippen LogP) is 3.64. The number of carbonyl (C=O) groups is 3. The van der Waals surface area contributed by atoms with Crippen molar-refractivity contribution in [3.8, 4) is 0 Å². The minimum atomic E-state index is -0.559. The summed E-state index contributed by atoms with van der Waals surface area (Å²) in [6, 6.07) is 18.9. The molecule has 1 N–H and O–H groups in total. The van der Waals surface area contributed by atoms with Crippen molar-refractivity contribution in [1.29, 1.82) is 0 Å². The molecule has 0 aliphatic carbocycles. The maximum Gasteiger partial charge on any atom is 0.271 e. The molecule has 1 heterocycles. The molecule has 3 aromatic carbocycles. The molecule has 4 rings (SSSR count). The Balaban J connectivity index is 1.56. The fourth-order valence-electron chi connectivity index (χ4n) is 3.24. The number of benzene rings is 3. The number of carbonyl (C=O) groups excluding carboxylic acids is 3. The third kappa shape index (κ3) is 3.53. The lowest BCUT2D eigenvalue weighted by atomic mass is 10.1. The van der Waals surface area contributed by atoms with Crippen molar-refractivity contribution < 1.29 is 19.3 Å². The van der Waals surface area contributed by atoms with Gasteiger partial charge in [-0.3, -0.25) is 29.4 Å². The van der Waals surface area contributed by atoms with Crippen LogP contribution in [0.5, 0.6) is 0 Å². The number of amides is 3. The third-order valence-electron chi connectivity index (χ3n) is 4.73. The van der Waals surface area contributed by atoms with Crippen LogP contribution in [0.2, 0.25) is 0 Å². The largest absolute Gasteiger partial charge is 0.322 e. The zero-order valence-corrected chi connectivity index (χ0v) is 15.6. The summed E-state index contributed by atoms with van der Waals surface area (Å²) in [6.45, 7) is 0.141. The first-order valence-electron chi connectivity index (χ1n) is 9.04. The molecule has 30 heavy (non-hydrogen) atoms. The molecule has 8 heteroatoms. The Bertz CT molecular complexity index is 1190. The van der Waals surface area contributed by atoms with Crippen LogP contribution in [-0.4, -0.2) is 27.5 Å². The molecule has 0 fully saturated rings. The van der Waals surface area contributed by atoms with Crippen LogP contribution < -0.4 is 5.32 Å². The Kier molecular flexibility index (Phi) is 4.81. The molecule has 0 aromatic heterocycles. The smallest absolute Gasteiger partial charge is 0.271 e. The highest BCUT2D eigenvalue weighted by Gasteiger charge is 2.36. The third-order valence-corrected chi connectivity index (χ3v) is 4.73. The number of rotatable bonds is 5. The van der Waals surface area contributed by atoms with E-state index in [4.69, 9.17) is 0 Å². The van der Waals surface area contributed by atoms with Gasteiger partial charge in [0.15, 0.2) is 0 Å². The summed E-state index contributed by atoms with van der Waals surface area (Å²) < 4.78 is 0.